The lowest BCUT2D eigenvalue weighted by molar-refractivity contribution is -0.145. The molecule has 0 bridgehead atoms. The van der Waals surface area contributed by atoms with Crippen molar-refractivity contribution in [1.82, 2.24) is 10.3 Å². The van der Waals surface area contributed by atoms with Gasteiger partial charge in [0, 0.05) is 0 Å². The van der Waals surface area contributed by atoms with Gasteiger partial charge in [-0.05, 0) is 12.1 Å². The second kappa shape index (κ2) is 6.18. The number of carboxylic acid groups (broad SMARTS) is 2. The fourth-order valence-electron chi connectivity index (χ4n) is 1.59. The molecule has 4 N–H and O–H groups in total. The van der Waals surface area contributed by atoms with E-state index < -0.39 is 30.4 Å². The van der Waals surface area contributed by atoms with Crippen molar-refractivity contribution in [2.45, 2.75) is 12.5 Å². The van der Waals surface area contributed by atoms with Crippen molar-refractivity contribution in [3.05, 3.63) is 24.3 Å². The number of nitrogens with zero attached hydrogens (tertiary/aromatic N) is 1. The average Bonchev–Trinajstić information content (AvgIpc) is 2.79. The zero-order valence-corrected chi connectivity index (χ0v) is 11.4. The second-order valence-electron chi connectivity index (χ2n) is 4.07. The van der Waals surface area contributed by atoms with Gasteiger partial charge in [0.05, 0.1) is 16.6 Å². The van der Waals surface area contributed by atoms with E-state index in [1.807, 2.05) is 12.1 Å². The van der Waals surface area contributed by atoms with Crippen LogP contribution in [0.1, 0.15) is 6.42 Å². The summed E-state index contributed by atoms with van der Waals surface area (Å²) in [6.45, 7) is 0. The highest BCUT2D eigenvalue weighted by atomic mass is 32.1. The molecule has 2 rings (SSSR count). The summed E-state index contributed by atoms with van der Waals surface area (Å²) in [4.78, 5) is 37.2. The van der Waals surface area contributed by atoms with Crippen molar-refractivity contribution in [2.75, 3.05) is 5.32 Å². The number of thiazole rings is 1. The molecule has 0 aliphatic heterocycles. The van der Waals surface area contributed by atoms with E-state index in [1.54, 1.807) is 12.1 Å². The van der Waals surface area contributed by atoms with Gasteiger partial charge in [0.25, 0.3) is 0 Å². The van der Waals surface area contributed by atoms with Gasteiger partial charge < -0.3 is 15.5 Å². The predicted molar refractivity (Wildman–Crippen MR) is 75.5 cm³/mol. The first-order valence-electron chi connectivity index (χ1n) is 5.83. The number of nitrogens with one attached hydrogen (secondary N) is 2. The molecule has 21 heavy (non-hydrogen) atoms. The highest BCUT2D eigenvalue weighted by Crippen LogP contribution is 2.25. The van der Waals surface area contributed by atoms with E-state index in [0.717, 1.165) is 4.70 Å². The summed E-state index contributed by atoms with van der Waals surface area (Å²) < 4.78 is 0.869. The molecule has 110 valence electrons. The highest BCUT2D eigenvalue weighted by Gasteiger charge is 2.23. The molecular formula is C12H11N3O5S. The van der Waals surface area contributed by atoms with E-state index in [9.17, 15) is 14.4 Å². The number of carbonyl (C=O) groups excluding carboxylic acids is 1. The Kier molecular flexibility index (Phi) is 4.33. The summed E-state index contributed by atoms with van der Waals surface area (Å²) in [5.41, 5.74) is 0.707. The van der Waals surface area contributed by atoms with Crippen LogP contribution in [0, 0.1) is 0 Å². The van der Waals surface area contributed by atoms with Crippen LogP contribution in [0.25, 0.3) is 10.2 Å². The molecular weight excluding hydrogens is 298 g/mol. The number of fused-ring (bicyclic) bond motifs is 1. The normalized spacial score (nSPS) is 11.8. The number of aliphatic carboxylic acids is 2. The lowest BCUT2D eigenvalue weighted by Gasteiger charge is -2.11. The largest absolute Gasteiger partial charge is 0.481 e. The number of carbonyl (C=O) groups is 3. The molecule has 8 nitrogen and oxygen atoms in total. The Labute approximate surface area is 122 Å². The number of para-hydroxylation sites is 1. The molecule has 0 saturated heterocycles. The number of aromatic nitrogens is 1. The standard InChI is InChI=1S/C12H11N3O5S/c16-9(17)5-7(10(18)19)13-11(20)15-12-14-6-3-1-2-4-8(6)21-12/h1-4,7H,5H2,(H,16,17)(H,18,19)(H2,13,14,15,20)/t7-/m0/s1. The predicted octanol–water partition coefficient (Wildman–Crippen LogP) is 1.35. The van der Waals surface area contributed by atoms with E-state index in [4.69, 9.17) is 10.2 Å². The zero-order chi connectivity index (χ0) is 15.4. The summed E-state index contributed by atoms with van der Waals surface area (Å²) in [6.07, 6.45) is -0.706. The number of hydrogen-bond acceptors (Lipinski definition) is 5. The van der Waals surface area contributed by atoms with Crippen LogP contribution in [0.15, 0.2) is 24.3 Å². The van der Waals surface area contributed by atoms with Crippen LogP contribution in [-0.4, -0.2) is 39.2 Å². The molecule has 0 fully saturated rings. The van der Waals surface area contributed by atoms with E-state index in [1.165, 1.54) is 11.3 Å². The maximum Gasteiger partial charge on any atom is 0.326 e. The lowest BCUT2D eigenvalue weighted by atomic mass is 10.2. The number of carboxylic acids is 2. The molecule has 0 aliphatic rings. The second-order valence-corrected chi connectivity index (χ2v) is 5.10. The molecule has 1 atom stereocenters. The number of benzene rings is 1. The molecule has 9 heteroatoms. The van der Waals surface area contributed by atoms with Crippen LogP contribution in [0.2, 0.25) is 0 Å². The van der Waals surface area contributed by atoms with E-state index in [-0.39, 0.29) is 0 Å². The van der Waals surface area contributed by atoms with Gasteiger partial charge >= 0.3 is 18.0 Å². The minimum absolute atomic E-state index is 0.299. The van der Waals surface area contributed by atoms with Crippen LogP contribution >= 0.6 is 11.3 Å². The van der Waals surface area contributed by atoms with Gasteiger partial charge in [0.15, 0.2) is 5.13 Å². The van der Waals surface area contributed by atoms with Crippen molar-refractivity contribution in [2.24, 2.45) is 0 Å². The molecule has 0 aliphatic carbocycles. The van der Waals surface area contributed by atoms with Crippen molar-refractivity contribution in [1.29, 1.82) is 0 Å². The molecule has 0 radical (unpaired) electrons. The fourth-order valence-corrected chi connectivity index (χ4v) is 2.45. The quantitative estimate of drug-likeness (QED) is 0.660. The van der Waals surface area contributed by atoms with Crippen molar-refractivity contribution < 1.29 is 24.6 Å². The third-order valence-electron chi connectivity index (χ3n) is 2.50. The summed E-state index contributed by atoms with van der Waals surface area (Å²) in [7, 11) is 0. The van der Waals surface area contributed by atoms with Gasteiger partial charge in [0.2, 0.25) is 0 Å². The number of hydrogen-bond donors (Lipinski definition) is 4. The summed E-state index contributed by atoms with van der Waals surface area (Å²) in [5, 5.41) is 22.2. The number of amides is 2. The Morgan fingerprint density at radius 1 is 1.24 bits per heavy atom. The Hall–Kier alpha value is -2.68. The van der Waals surface area contributed by atoms with Gasteiger partial charge in [-0.2, -0.15) is 0 Å². The van der Waals surface area contributed by atoms with Crippen LogP contribution in [0.3, 0.4) is 0 Å². The van der Waals surface area contributed by atoms with Gasteiger partial charge in [-0.3, -0.25) is 10.1 Å². The first kappa shape index (κ1) is 14.7. The summed E-state index contributed by atoms with van der Waals surface area (Å²) in [5.74, 6) is -2.74. The maximum atomic E-state index is 11.7. The lowest BCUT2D eigenvalue weighted by Crippen LogP contribution is -2.44. The van der Waals surface area contributed by atoms with E-state index in [2.05, 4.69) is 15.6 Å². The smallest absolute Gasteiger partial charge is 0.326 e. The monoisotopic (exact) mass is 309 g/mol. The van der Waals surface area contributed by atoms with Crippen LogP contribution < -0.4 is 10.6 Å². The molecule has 0 unspecified atom stereocenters. The number of urea groups is 1. The zero-order valence-electron chi connectivity index (χ0n) is 10.6. The first-order valence-corrected chi connectivity index (χ1v) is 6.65. The molecule has 1 aromatic carbocycles. The molecule has 2 aromatic rings. The Bertz CT molecular complexity index is 666. The summed E-state index contributed by atoms with van der Waals surface area (Å²) in [6, 6.07) is 4.93. The third kappa shape index (κ3) is 3.89. The van der Waals surface area contributed by atoms with E-state index >= 15 is 0 Å². The Balaban J connectivity index is 2.03. The molecule has 2 amide bonds. The average molecular weight is 309 g/mol. The van der Waals surface area contributed by atoms with Crippen LogP contribution in [0.4, 0.5) is 9.93 Å². The molecule has 0 spiro atoms. The van der Waals surface area contributed by atoms with Crippen LogP contribution in [-0.2, 0) is 9.59 Å². The van der Waals surface area contributed by atoms with E-state index in [0.29, 0.717) is 10.6 Å². The highest BCUT2D eigenvalue weighted by molar-refractivity contribution is 7.22. The molecule has 0 saturated carbocycles. The van der Waals surface area contributed by atoms with Gasteiger partial charge in [-0.1, -0.05) is 23.5 Å². The Morgan fingerprint density at radius 2 is 1.95 bits per heavy atom. The third-order valence-corrected chi connectivity index (χ3v) is 3.45. The van der Waals surface area contributed by atoms with Crippen molar-refractivity contribution >= 4 is 44.7 Å². The minimum atomic E-state index is -1.50. The van der Waals surface area contributed by atoms with Crippen LogP contribution in [0.5, 0.6) is 0 Å². The first-order chi connectivity index (χ1) is 9.95. The topological polar surface area (TPSA) is 129 Å². The summed E-state index contributed by atoms with van der Waals surface area (Å²) >= 11 is 1.23. The Morgan fingerprint density at radius 3 is 2.57 bits per heavy atom. The number of anilines is 1. The fraction of sp³-hybridized carbons (Fsp3) is 0.167. The molecule has 1 heterocycles. The number of rotatable bonds is 5. The van der Waals surface area contributed by atoms with Crippen molar-refractivity contribution in [3.8, 4) is 0 Å². The maximum absolute atomic E-state index is 11.7. The SMILES string of the molecule is O=C(O)C[C@H](NC(=O)Nc1nc2ccccc2s1)C(=O)O. The molecule has 1 aromatic heterocycles. The van der Waals surface area contributed by atoms with Gasteiger partial charge in [-0.15, -0.1) is 0 Å². The van der Waals surface area contributed by atoms with Gasteiger partial charge in [0.1, 0.15) is 6.04 Å². The minimum Gasteiger partial charge on any atom is -0.481 e. The van der Waals surface area contributed by atoms with Gasteiger partial charge in [-0.25, -0.2) is 14.6 Å². The van der Waals surface area contributed by atoms with Crippen molar-refractivity contribution in [3.63, 3.8) is 0 Å².